The van der Waals surface area contributed by atoms with E-state index in [0.717, 1.165) is 0 Å². The molecule has 1 atom stereocenters. The van der Waals surface area contributed by atoms with Gasteiger partial charge in [0.15, 0.2) is 0 Å². The lowest BCUT2D eigenvalue weighted by molar-refractivity contribution is -0.128. The van der Waals surface area contributed by atoms with Gasteiger partial charge in [0.05, 0.1) is 17.4 Å². The topological polar surface area (TPSA) is 95.6 Å². The van der Waals surface area contributed by atoms with Crippen LogP contribution >= 0.6 is 11.6 Å². The number of nitrogens with one attached hydrogen (secondary N) is 2. The first-order valence-electron chi connectivity index (χ1n) is 9.34. The zero-order valence-electron chi connectivity index (χ0n) is 16.0. The molecule has 7 nitrogen and oxygen atoms in total. The van der Waals surface area contributed by atoms with Crippen molar-refractivity contribution in [3.05, 3.63) is 59.4 Å². The molecule has 2 N–H and O–H groups in total. The molecule has 30 heavy (non-hydrogen) atoms. The van der Waals surface area contributed by atoms with Crippen LogP contribution in [0.3, 0.4) is 0 Å². The average Bonchev–Trinajstić information content (AvgIpc) is 2.72. The second kappa shape index (κ2) is 9.55. The van der Waals surface area contributed by atoms with Crippen LogP contribution in [0.5, 0.6) is 0 Å². The van der Waals surface area contributed by atoms with E-state index in [1.54, 1.807) is 0 Å². The molecule has 0 aromatic heterocycles. The smallest absolute Gasteiger partial charge is 0.243 e. The fourth-order valence-corrected chi connectivity index (χ4v) is 4.86. The molecule has 2 amide bonds. The van der Waals surface area contributed by atoms with Crippen LogP contribution in [-0.4, -0.2) is 44.2 Å². The molecular formula is C20H21ClFN3O4S. The molecule has 160 valence electrons. The van der Waals surface area contributed by atoms with Crippen molar-refractivity contribution in [2.45, 2.75) is 17.7 Å². The molecule has 0 radical (unpaired) electrons. The summed E-state index contributed by atoms with van der Waals surface area (Å²) in [5.41, 5.74) is 0.284. The minimum Gasteiger partial charge on any atom is -0.347 e. The molecule has 1 aliphatic rings. The van der Waals surface area contributed by atoms with E-state index < -0.39 is 33.6 Å². The summed E-state index contributed by atoms with van der Waals surface area (Å²) < 4.78 is 40.1. The van der Waals surface area contributed by atoms with Crippen LogP contribution in [0.1, 0.15) is 12.8 Å². The minimum absolute atomic E-state index is 0.0301. The van der Waals surface area contributed by atoms with Crippen molar-refractivity contribution in [1.29, 1.82) is 0 Å². The highest BCUT2D eigenvalue weighted by atomic mass is 35.5. The Morgan fingerprint density at radius 2 is 1.90 bits per heavy atom. The highest BCUT2D eigenvalue weighted by Crippen LogP contribution is 2.24. The first-order valence-corrected chi connectivity index (χ1v) is 11.2. The van der Waals surface area contributed by atoms with Crippen LogP contribution < -0.4 is 10.6 Å². The fourth-order valence-electron chi connectivity index (χ4n) is 3.21. The molecule has 10 heteroatoms. The summed E-state index contributed by atoms with van der Waals surface area (Å²) in [5.74, 6) is -1.96. The quantitative estimate of drug-likeness (QED) is 0.702. The number of sulfonamides is 1. The first kappa shape index (κ1) is 22.2. The van der Waals surface area contributed by atoms with Gasteiger partial charge in [-0.25, -0.2) is 12.8 Å². The van der Waals surface area contributed by atoms with Gasteiger partial charge < -0.3 is 10.6 Å². The normalized spacial score (nSPS) is 17.3. The zero-order chi connectivity index (χ0) is 21.7. The van der Waals surface area contributed by atoms with E-state index in [1.165, 1.54) is 52.8 Å². The van der Waals surface area contributed by atoms with Crippen molar-refractivity contribution in [2.75, 3.05) is 25.0 Å². The van der Waals surface area contributed by atoms with E-state index in [9.17, 15) is 22.4 Å². The summed E-state index contributed by atoms with van der Waals surface area (Å²) in [6, 6.07) is 11.3. The van der Waals surface area contributed by atoms with E-state index in [4.69, 9.17) is 11.6 Å². The van der Waals surface area contributed by atoms with E-state index in [1.807, 2.05) is 0 Å². The monoisotopic (exact) mass is 453 g/mol. The largest absolute Gasteiger partial charge is 0.347 e. The van der Waals surface area contributed by atoms with Crippen LogP contribution in [0.2, 0.25) is 5.02 Å². The summed E-state index contributed by atoms with van der Waals surface area (Å²) in [6.07, 6.45) is 1.05. The Balaban J connectivity index is 1.56. The number of piperidine rings is 1. The third-order valence-corrected chi connectivity index (χ3v) is 6.87. The number of benzene rings is 2. The lowest BCUT2D eigenvalue weighted by atomic mass is 9.99. The molecule has 0 saturated carbocycles. The van der Waals surface area contributed by atoms with Gasteiger partial charge in [-0.3, -0.25) is 9.59 Å². The Kier molecular flexibility index (Phi) is 7.06. The molecule has 2 aromatic rings. The van der Waals surface area contributed by atoms with Gasteiger partial charge in [-0.1, -0.05) is 17.7 Å². The van der Waals surface area contributed by atoms with Gasteiger partial charge in [0.25, 0.3) is 0 Å². The van der Waals surface area contributed by atoms with E-state index in [-0.39, 0.29) is 23.7 Å². The fraction of sp³-hybridized carbons (Fsp3) is 0.300. The Labute approximate surface area is 179 Å². The Morgan fingerprint density at radius 3 is 2.60 bits per heavy atom. The molecule has 1 heterocycles. The molecule has 1 fully saturated rings. The summed E-state index contributed by atoms with van der Waals surface area (Å²) in [4.78, 5) is 24.6. The average molecular weight is 454 g/mol. The van der Waals surface area contributed by atoms with E-state index >= 15 is 0 Å². The molecular weight excluding hydrogens is 433 g/mol. The first-order chi connectivity index (χ1) is 14.3. The number of amides is 2. The van der Waals surface area contributed by atoms with Crippen LogP contribution in [0.25, 0.3) is 0 Å². The maximum atomic E-state index is 13.2. The van der Waals surface area contributed by atoms with Crippen LogP contribution in [0, 0.1) is 11.7 Å². The van der Waals surface area contributed by atoms with Crippen molar-refractivity contribution in [3.63, 3.8) is 0 Å². The summed E-state index contributed by atoms with van der Waals surface area (Å²) in [5, 5.41) is 5.44. The number of anilines is 1. The lowest BCUT2D eigenvalue weighted by Gasteiger charge is -2.31. The van der Waals surface area contributed by atoms with Crippen molar-refractivity contribution >= 4 is 39.1 Å². The van der Waals surface area contributed by atoms with Crippen LogP contribution in [-0.2, 0) is 19.6 Å². The Bertz CT molecular complexity index is 1030. The number of halogens is 2. The van der Waals surface area contributed by atoms with Crippen molar-refractivity contribution in [2.24, 2.45) is 5.92 Å². The third-order valence-electron chi connectivity index (χ3n) is 4.74. The van der Waals surface area contributed by atoms with Crippen molar-refractivity contribution in [1.82, 2.24) is 9.62 Å². The maximum Gasteiger partial charge on any atom is 0.243 e. The highest BCUT2D eigenvalue weighted by molar-refractivity contribution is 7.89. The number of nitrogens with zero attached hydrogens (tertiary/aromatic N) is 1. The van der Waals surface area contributed by atoms with Gasteiger partial charge >= 0.3 is 0 Å². The van der Waals surface area contributed by atoms with Gasteiger partial charge in [-0.2, -0.15) is 4.31 Å². The maximum absolute atomic E-state index is 13.2. The lowest BCUT2D eigenvalue weighted by Crippen LogP contribution is -2.46. The second-order valence-electron chi connectivity index (χ2n) is 6.93. The van der Waals surface area contributed by atoms with Gasteiger partial charge in [0, 0.05) is 23.8 Å². The molecule has 0 unspecified atom stereocenters. The SMILES string of the molecule is O=C(CNC(=O)[C@H]1CCCN(S(=O)(=O)c2ccc(Cl)cc2)C1)Nc1cccc(F)c1. The van der Waals surface area contributed by atoms with Crippen LogP contribution in [0.15, 0.2) is 53.4 Å². The van der Waals surface area contributed by atoms with Gasteiger partial charge in [0.1, 0.15) is 5.82 Å². The summed E-state index contributed by atoms with van der Waals surface area (Å²) in [6.45, 7) is 0.0485. The molecule has 1 aliphatic heterocycles. The van der Waals surface area contributed by atoms with Gasteiger partial charge in [0.2, 0.25) is 21.8 Å². The number of hydrogen-bond acceptors (Lipinski definition) is 4. The molecule has 1 saturated heterocycles. The molecule has 0 bridgehead atoms. The predicted molar refractivity (Wildman–Crippen MR) is 111 cm³/mol. The molecule has 3 rings (SSSR count). The van der Waals surface area contributed by atoms with E-state index in [2.05, 4.69) is 10.6 Å². The van der Waals surface area contributed by atoms with Crippen LogP contribution in [0.4, 0.5) is 10.1 Å². The van der Waals surface area contributed by atoms with E-state index in [0.29, 0.717) is 24.4 Å². The van der Waals surface area contributed by atoms with Crippen molar-refractivity contribution in [3.8, 4) is 0 Å². The second-order valence-corrected chi connectivity index (χ2v) is 9.31. The van der Waals surface area contributed by atoms with Gasteiger partial charge in [-0.15, -0.1) is 0 Å². The predicted octanol–water partition coefficient (Wildman–Crippen LogP) is 2.63. The third kappa shape index (κ3) is 5.56. The number of carbonyl (C=O) groups is 2. The zero-order valence-corrected chi connectivity index (χ0v) is 17.5. The number of rotatable bonds is 6. The van der Waals surface area contributed by atoms with Crippen molar-refractivity contribution < 1.29 is 22.4 Å². The van der Waals surface area contributed by atoms with Gasteiger partial charge in [-0.05, 0) is 55.3 Å². The Morgan fingerprint density at radius 1 is 1.17 bits per heavy atom. The molecule has 2 aromatic carbocycles. The molecule has 0 spiro atoms. The highest BCUT2D eigenvalue weighted by Gasteiger charge is 2.33. The Hall–Kier alpha value is -2.49. The minimum atomic E-state index is -3.74. The summed E-state index contributed by atoms with van der Waals surface area (Å²) >= 11 is 5.82. The molecule has 0 aliphatic carbocycles. The number of carbonyl (C=O) groups excluding carboxylic acids is 2. The standard InChI is InChI=1S/C20H21ClFN3O4S/c21-15-6-8-18(9-7-15)30(28,29)25-10-2-3-14(13-25)20(27)23-12-19(26)24-17-5-1-4-16(22)11-17/h1,4-9,11,14H,2-3,10,12-13H2,(H,23,27)(H,24,26)/t14-/m0/s1. The summed E-state index contributed by atoms with van der Waals surface area (Å²) in [7, 11) is -3.74. The number of hydrogen-bond donors (Lipinski definition) is 2.